The summed E-state index contributed by atoms with van der Waals surface area (Å²) >= 11 is 0. The maximum Gasteiger partial charge on any atom is 0.227 e. The Balaban J connectivity index is 1.69. The summed E-state index contributed by atoms with van der Waals surface area (Å²) in [7, 11) is 0. The van der Waals surface area contributed by atoms with Crippen LogP contribution < -0.4 is 16.0 Å². The molecule has 1 unspecified atom stereocenters. The van der Waals surface area contributed by atoms with Gasteiger partial charge in [0.1, 0.15) is 5.82 Å². The lowest BCUT2D eigenvalue weighted by molar-refractivity contribution is -0.123. The van der Waals surface area contributed by atoms with E-state index >= 15 is 0 Å². The van der Waals surface area contributed by atoms with Gasteiger partial charge in [-0.25, -0.2) is 4.39 Å². The van der Waals surface area contributed by atoms with Crippen molar-refractivity contribution in [1.29, 1.82) is 0 Å². The zero-order valence-corrected chi connectivity index (χ0v) is 19.3. The molecule has 180 valence electrons. The molecule has 3 rings (SSSR count). The van der Waals surface area contributed by atoms with Gasteiger partial charge >= 0.3 is 0 Å². The molecule has 3 N–H and O–H groups in total. The van der Waals surface area contributed by atoms with Gasteiger partial charge in [0, 0.05) is 61.8 Å². The summed E-state index contributed by atoms with van der Waals surface area (Å²) in [6, 6.07) is 4.67. The molecule has 0 aliphatic carbocycles. The molecule has 0 saturated carbocycles. The number of halogens is 1. The number of carbonyl (C=O) groups is 2. The summed E-state index contributed by atoms with van der Waals surface area (Å²) in [5, 5.41) is 9.22. The van der Waals surface area contributed by atoms with Crippen molar-refractivity contribution in [3.8, 4) is 0 Å². The van der Waals surface area contributed by atoms with Gasteiger partial charge in [-0.1, -0.05) is 13.5 Å². The highest BCUT2D eigenvalue weighted by molar-refractivity contribution is 6.21. The fourth-order valence-corrected chi connectivity index (χ4v) is 3.95. The molecule has 0 radical (unpaired) electrons. The Morgan fingerprint density at radius 1 is 1.27 bits per heavy atom. The monoisotopic (exact) mass is 459 g/mol. The van der Waals surface area contributed by atoms with Crippen LogP contribution in [0.15, 0.2) is 36.6 Å². The number of rotatable bonds is 10. The molecule has 2 heterocycles. The predicted octanol–water partition coefficient (Wildman–Crippen LogP) is 3.04. The van der Waals surface area contributed by atoms with Crippen molar-refractivity contribution < 1.29 is 23.5 Å². The first-order chi connectivity index (χ1) is 16.0. The van der Waals surface area contributed by atoms with E-state index in [1.807, 2.05) is 0 Å². The van der Waals surface area contributed by atoms with E-state index in [0.717, 1.165) is 44.8 Å². The second-order valence-electron chi connectivity index (χ2n) is 8.44. The van der Waals surface area contributed by atoms with Crippen molar-refractivity contribution in [2.24, 2.45) is 5.92 Å². The largest absolute Gasteiger partial charge is 0.385 e. The first kappa shape index (κ1) is 25.1. The molecule has 33 heavy (non-hydrogen) atoms. The topological polar surface area (TPSA) is 88.7 Å². The van der Waals surface area contributed by atoms with E-state index in [9.17, 15) is 14.0 Å². The number of ketones is 1. The maximum atomic E-state index is 14.8. The zero-order chi connectivity index (χ0) is 23.6. The van der Waals surface area contributed by atoms with Crippen molar-refractivity contribution in [1.82, 2.24) is 10.6 Å². The van der Waals surface area contributed by atoms with E-state index in [1.54, 1.807) is 19.1 Å². The second-order valence-corrected chi connectivity index (χ2v) is 8.44. The van der Waals surface area contributed by atoms with Crippen molar-refractivity contribution in [3.05, 3.63) is 47.9 Å². The number of hydrogen-bond acceptors (Lipinski definition) is 6. The van der Waals surface area contributed by atoms with Gasteiger partial charge < -0.3 is 25.4 Å². The first-order valence-corrected chi connectivity index (χ1v) is 11.6. The van der Waals surface area contributed by atoms with Crippen LogP contribution in [-0.2, 0) is 19.1 Å². The van der Waals surface area contributed by atoms with Crippen molar-refractivity contribution >= 4 is 23.0 Å². The molecule has 1 aromatic rings. The molecule has 1 atom stereocenters. The minimum Gasteiger partial charge on any atom is -0.385 e. The highest BCUT2D eigenvalue weighted by atomic mass is 19.1. The van der Waals surface area contributed by atoms with Crippen molar-refractivity contribution in [2.45, 2.75) is 38.7 Å². The average Bonchev–Trinajstić information content (AvgIpc) is 2.83. The summed E-state index contributed by atoms with van der Waals surface area (Å²) in [6.45, 7) is 9.79. The van der Waals surface area contributed by atoms with E-state index in [4.69, 9.17) is 9.47 Å². The van der Waals surface area contributed by atoms with E-state index in [0.29, 0.717) is 19.1 Å². The number of ether oxygens (including phenoxy) is 2. The highest BCUT2D eigenvalue weighted by Gasteiger charge is 2.20. The van der Waals surface area contributed by atoms with Crippen LogP contribution in [0.1, 0.15) is 38.2 Å². The van der Waals surface area contributed by atoms with Crippen LogP contribution in [0.25, 0.3) is 5.57 Å². The number of benzene rings is 1. The van der Waals surface area contributed by atoms with Gasteiger partial charge in [-0.15, -0.1) is 0 Å². The number of allylic oxidation sites excluding steroid dienone is 2. The smallest absolute Gasteiger partial charge is 0.227 e. The minimum atomic E-state index is -0.500. The van der Waals surface area contributed by atoms with Crippen LogP contribution in [0.2, 0.25) is 0 Å². The number of Topliss-reactive ketones (excluding diaryl/α,β-unsaturated/α-hetero) is 1. The van der Waals surface area contributed by atoms with Gasteiger partial charge in [0.2, 0.25) is 5.91 Å². The second kappa shape index (κ2) is 12.6. The lowest BCUT2D eigenvalue weighted by Crippen LogP contribution is -2.41. The first-order valence-electron chi connectivity index (χ1n) is 11.6. The molecule has 2 fully saturated rings. The van der Waals surface area contributed by atoms with E-state index in [1.165, 1.54) is 12.1 Å². The molecule has 2 saturated heterocycles. The molecule has 8 heteroatoms. The lowest BCUT2D eigenvalue weighted by atomic mass is 9.97. The summed E-state index contributed by atoms with van der Waals surface area (Å²) in [5.74, 6) is -0.496. The quantitative estimate of drug-likeness (QED) is 0.368. The van der Waals surface area contributed by atoms with Crippen molar-refractivity contribution in [2.75, 3.05) is 44.8 Å². The average molecular weight is 460 g/mol. The van der Waals surface area contributed by atoms with E-state index < -0.39 is 5.82 Å². The minimum absolute atomic E-state index is 0.177. The molecular formula is C25H34FN3O4. The maximum absolute atomic E-state index is 14.8. The summed E-state index contributed by atoms with van der Waals surface area (Å²) in [4.78, 5) is 25.0. The third-order valence-electron chi connectivity index (χ3n) is 5.85. The Morgan fingerprint density at radius 2 is 2.06 bits per heavy atom. The SMILES string of the molecule is C=C(/C=C(\C(=O)CC)c1cc(NCC2CCOCC2)ccc1F)NC(=O)CC1CNCCO1. The third-order valence-corrected chi connectivity index (χ3v) is 5.85. The number of morpholine rings is 1. The lowest BCUT2D eigenvalue weighted by Gasteiger charge is -2.23. The number of amides is 1. The van der Waals surface area contributed by atoms with Gasteiger partial charge in [-0.05, 0) is 43.0 Å². The molecule has 0 aromatic heterocycles. The number of anilines is 1. The Kier molecular flexibility index (Phi) is 9.60. The van der Waals surface area contributed by atoms with Crippen LogP contribution in [0.5, 0.6) is 0 Å². The molecule has 1 amide bonds. The Labute approximate surface area is 194 Å². The van der Waals surface area contributed by atoms with Gasteiger partial charge in [0.05, 0.1) is 19.1 Å². The van der Waals surface area contributed by atoms with Crippen molar-refractivity contribution in [3.63, 3.8) is 0 Å². The van der Waals surface area contributed by atoms with Gasteiger partial charge in [0.15, 0.2) is 5.78 Å². The molecule has 0 spiro atoms. The number of nitrogens with one attached hydrogen (secondary N) is 3. The Morgan fingerprint density at radius 3 is 2.76 bits per heavy atom. The highest BCUT2D eigenvalue weighted by Crippen LogP contribution is 2.26. The molecule has 2 aliphatic heterocycles. The zero-order valence-electron chi connectivity index (χ0n) is 19.3. The van der Waals surface area contributed by atoms with E-state index in [2.05, 4.69) is 22.5 Å². The summed E-state index contributed by atoms with van der Waals surface area (Å²) in [6.07, 6.45) is 3.60. The third kappa shape index (κ3) is 7.77. The summed E-state index contributed by atoms with van der Waals surface area (Å²) in [5.41, 5.74) is 1.35. The standard InChI is InChI=1S/C25H34FN3O4/c1-3-24(30)22(12-17(2)29-25(31)14-20-16-27-8-11-33-20)21-13-19(4-5-23(21)26)28-15-18-6-9-32-10-7-18/h4-5,12-13,18,20,27-28H,2-3,6-11,14-16H2,1H3,(H,29,31)/b22-12-. The van der Waals surface area contributed by atoms with Crippen LogP contribution in [-0.4, -0.2) is 57.2 Å². The summed E-state index contributed by atoms with van der Waals surface area (Å²) < 4.78 is 25.7. The molecular weight excluding hydrogens is 425 g/mol. The van der Waals surface area contributed by atoms with Crippen LogP contribution >= 0.6 is 0 Å². The number of carbonyl (C=O) groups excluding carboxylic acids is 2. The number of hydrogen-bond donors (Lipinski definition) is 3. The van der Waals surface area contributed by atoms with Gasteiger partial charge in [-0.2, -0.15) is 0 Å². The van der Waals surface area contributed by atoms with Crippen LogP contribution in [0, 0.1) is 11.7 Å². The molecule has 7 nitrogen and oxygen atoms in total. The van der Waals surface area contributed by atoms with Crippen LogP contribution in [0.3, 0.4) is 0 Å². The normalized spacial score (nSPS) is 19.7. The Bertz CT molecular complexity index is 874. The fraction of sp³-hybridized carbons (Fsp3) is 0.520. The Hall–Kier alpha value is -2.55. The molecule has 0 bridgehead atoms. The fourth-order valence-electron chi connectivity index (χ4n) is 3.95. The van der Waals surface area contributed by atoms with E-state index in [-0.39, 0.29) is 47.5 Å². The molecule has 2 aliphatic rings. The van der Waals surface area contributed by atoms with Gasteiger partial charge in [-0.3, -0.25) is 9.59 Å². The van der Waals surface area contributed by atoms with Crippen LogP contribution in [0.4, 0.5) is 10.1 Å². The van der Waals surface area contributed by atoms with Gasteiger partial charge in [0.25, 0.3) is 0 Å². The molecule has 1 aromatic carbocycles. The predicted molar refractivity (Wildman–Crippen MR) is 126 cm³/mol.